The van der Waals surface area contributed by atoms with Crippen molar-refractivity contribution in [3.05, 3.63) is 84.1 Å². The third-order valence-corrected chi connectivity index (χ3v) is 8.64. The van der Waals surface area contributed by atoms with Crippen molar-refractivity contribution in [3.63, 3.8) is 0 Å². The second-order valence-corrected chi connectivity index (χ2v) is 11.2. The first-order valence-electron chi connectivity index (χ1n) is 12.0. The molecule has 1 unspecified atom stereocenters. The van der Waals surface area contributed by atoms with Crippen LogP contribution < -0.4 is 0 Å². The average Bonchev–Trinajstić information content (AvgIpc) is 3.30. The molecule has 1 aliphatic rings. The smallest absolute Gasteiger partial charge is 0.293 e. The van der Waals surface area contributed by atoms with Crippen LogP contribution in [0.3, 0.4) is 0 Å². The van der Waals surface area contributed by atoms with Crippen LogP contribution in [0.4, 0.5) is 17.6 Å². The molecule has 0 bridgehead atoms. The summed E-state index contributed by atoms with van der Waals surface area (Å²) in [6.45, 7) is 1.80. The molecule has 1 atom stereocenters. The zero-order chi connectivity index (χ0) is 27.1. The van der Waals surface area contributed by atoms with Crippen molar-refractivity contribution in [2.24, 2.45) is 0 Å². The van der Waals surface area contributed by atoms with Crippen molar-refractivity contribution in [1.82, 2.24) is 24.0 Å². The molecule has 2 aromatic carbocycles. The van der Waals surface area contributed by atoms with Gasteiger partial charge in [-0.05, 0) is 66.6 Å². The van der Waals surface area contributed by atoms with E-state index in [1.807, 2.05) is 19.1 Å². The minimum atomic E-state index is -4.33. The van der Waals surface area contributed by atoms with Crippen molar-refractivity contribution < 1.29 is 26.0 Å². The van der Waals surface area contributed by atoms with Gasteiger partial charge in [0.2, 0.25) is 10.0 Å². The molecule has 0 N–H and O–H groups in total. The number of fused-ring (bicyclic) bond motifs is 1. The molecule has 0 aliphatic carbocycles. The van der Waals surface area contributed by atoms with E-state index in [1.54, 1.807) is 27.9 Å². The highest BCUT2D eigenvalue weighted by Crippen LogP contribution is 2.34. The number of pyridine rings is 1. The van der Waals surface area contributed by atoms with Crippen LogP contribution in [0.5, 0.6) is 0 Å². The highest BCUT2D eigenvalue weighted by Gasteiger charge is 2.38. The minimum absolute atomic E-state index is 0.00642. The number of aryl methyl sites for hydroxylation is 1. The van der Waals surface area contributed by atoms with E-state index < -0.39 is 28.7 Å². The maximum absolute atomic E-state index is 13.4. The van der Waals surface area contributed by atoms with E-state index >= 15 is 0 Å². The van der Waals surface area contributed by atoms with E-state index in [-0.39, 0.29) is 36.9 Å². The maximum atomic E-state index is 13.4. The van der Waals surface area contributed by atoms with Crippen molar-refractivity contribution in [2.45, 2.75) is 30.5 Å². The molecular weight excluding hydrogens is 522 g/mol. The molecular formula is C26H25F4N5O2S. The fraction of sp³-hybridized carbons (Fsp3) is 0.308. The Morgan fingerprint density at radius 1 is 1.05 bits per heavy atom. The van der Waals surface area contributed by atoms with Crippen LogP contribution in [-0.4, -0.2) is 64.7 Å². The van der Waals surface area contributed by atoms with E-state index in [0.29, 0.717) is 5.69 Å². The van der Waals surface area contributed by atoms with Gasteiger partial charge in [-0.25, -0.2) is 17.5 Å². The van der Waals surface area contributed by atoms with Gasteiger partial charge in [-0.1, -0.05) is 0 Å². The van der Waals surface area contributed by atoms with Crippen LogP contribution in [0, 0.1) is 12.7 Å². The Morgan fingerprint density at radius 3 is 2.50 bits per heavy atom. The molecule has 4 aromatic rings. The molecule has 200 valence electrons. The molecule has 0 radical (unpaired) electrons. The zero-order valence-corrected chi connectivity index (χ0v) is 21.3. The lowest BCUT2D eigenvalue weighted by Crippen LogP contribution is -2.51. The summed E-state index contributed by atoms with van der Waals surface area (Å²) < 4.78 is 82.4. The van der Waals surface area contributed by atoms with Crippen molar-refractivity contribution in [2.75, 3.05) is 26.2 Å². The van der Waals surface area contributed by atoms with Crippen molar-refractivity contribution >= 4 is 20.9 Å². The Hall–Kier alpha value is -3.35. The van der Waals surface area contributed by atoms with E-state index in [4.69, 9.17) is 0 Å². The number of rotatable bonds is 6. The number of benzene rings is 2. The summed E-state index contributed by atoms with van der Waals surface area (Å²) >= 11 is 0. The molecule has 0 saturated carbocycles. The zero-order valence-electron chi connectivity index (χ0n) is 20.4. The first-order chi connectivity index (χ1) is 18.0. The van der Waals surface area contributed by atoms with Crippen LogP contribution >= 0.6 is 0 Å². The number of aromatic nitrogens is 3. The Balaban J connectivity index is 1.52. The molecule has 1 fully saturated rings. The quantitative estimate of drug-likeness (QED) is 0.322. The minimum Gasteiger partial charge on any atom is -0.293 e. The third kappa shape index (κ3) is 5.29. The molecule has 3 heterocycles. The van der Waals surface area contributed by atoms with Gasteiger partial charge in [0.05, 0.1) is 23.8 Å². The van der Waals surface area contributed by atoms with Crippen LogP contribution in [0.2, 0.25) is 0 Å². The number of nitrogens with zero attached hydrogens (tertiary/aromatic N) is 5. The van der Waals surface area contributed by atoms with E-state index in [1.165, 1.54) is 41.0 Å². The SMILES string of the molecule is Cc1cc2c(cnn2-c2ccc(F)cc2)cc1C1CN(S(=O)(=O)c2cccnc2)CCN1CCC(F)(F)F. The highest BCUT2D eigenvalue weighted by atomic mass is 32.2. The van der Waals surface area contributed by atoms with Gasteiger partial charge in [0.15, 0.2) is 0 Å². The molecule has 38 heavy (non-hydrogen) atoms. The van der Waals surface area contributed by atoms with Gasteiger partial charge in [0.25, 0.3) is 0 Å². The summed E-state index contributed by atoms with van der Waals surface area (Å²) in [5, 5.41) is 5.16. The monoisotopic (exact) mass is 547 g/mol. The maximum Gasteiger partial charge on any atom is 0.390 e. The normalized spacial score (nSPS) is 17.8. The predicted octanol–water partition coefficient (Wildman–Crippen LogP) is 4.87. The highest BCUT2D eigenvalue weighted by molar-refractivity contribution is 7.89. The molecule has 2 aromatic heterocycles. The Labute approximate surface area is 217 Å². The molecule has 5 rings (SSSR count). The van der Waals surface area contributed by atoms with Gasteiger partial charge in [-0.15, -0.1) is 0 Å². The standard InChI is InChI=1S/C26H25F4N5O2S/c1-18-13-24-19(15-32-35(24)21-6-4-20(27)5-7-21)14-23(18)25-17-34(12-11-33(25)10-8-26(28,29)30)38(36,37)22-3-2-9-31-16-22/h2-7,9,13-16,25H,8,10-12,17H2,1H3. The fourth-order valence-electron chi connectivity index (χ4n) is 4.84. The second kappa shape index (κ2) is 10.1. The van der Waals surface area contributed by atoms with Gasteiger partial charge in [-0.3, -0.25) is 9.88 Å². The van der Waals surface area contributed by atoms with Gasteiger partial charge in [-0.2, -0.15) is 22.6 Å². The summed E-state index contributed by atoms with van der Waals surface area (Å²) in [4.78, 5) is 5.64. The number of hydrogen-bond donors (Lipinski definition) is 0. The van der Waals surface area contributed by atoms with E-state index in [0.717, 1.165) is 22.0 Å². The Kier molecular flexibility index (Phi) is 6.97. The lowest BCUT2D eigenvalue weighted by Gasteiger charge is -2.41. The number of hydrogen-bond acceptors (Lipinski definition) is 5. The molecule has 1 aliphatic heterocycles. The molecule has 1 saturated heterocycles. The van der Waals surface area contributed by atoms with Crippen LogP contribution in [-0.2, 0) is 10.0 Å². The molecule has 0 spiro atoms. The van der Waals surface area contributed by atoms with E-state index in [9.17, 15) is 26.0 Å². The lowest BCUT2D eigenvalue weighted by atomic mass is 9.96. The number of sulfonamides is 1. The van der Waals surface area contributed by atoms with Crippen LogP contribution in [0.1, 0.15) is 23.6 Å². The third-order valence-electron chi connectivity index (χ3n) is 6.79. The van der Waals surface area contributed by atoms with Gasteiger partial charge in [0, 0.05) is 50.0 Å². The predicted molar refractivity (Wildman–Crippen MR) is 134 cm³/mol. The van der Waals surface area contributed by atoms with Gasteiger partial charge in [0.1, 0.15) is 10.7 Å². The summed E-state index contributed by atoms with van der Waals surface area (Å²) in [7, 11) is -3.89. The Morgan fingerprint density at radius 2 is 1.82 bits per heavy atom. The first kappa shape index (κ1) is 26.3. The largest absolute Gasteiger partial charge is 0.390 e. The average molecular weight is 548 g/mol. The fourth-order valence-corrected chi connectivity index (χ4v) is 6.24. The topological polar surface area (TPSA) is 71.3 Å². The van der Waals surface area contributed by atoms with Crippen molar-refractivity contribution in [3.8, 4) is 5.69 Å². The second-order valence-electron chi connectivity index (χ2n) is 9.27. The van der Waals surface area contributed by atoms with E-state index in [2.05, 4.69) is 10.1 Å². The first-order valence-corrected chi connectivity index (χ1v) is 13.4. The molecule has 12 heteroatoms. The molecule has 0 amide bonds. The summed E-state index contributed by atoms with van der Waals surface area (Å²) in [5.41, 5.74) is 2.91. The number of alkyl halides is 3. The van der Waals surface area contributed by atoms with Gasteiger partial charge < -0.3 is 0 Å². The summed E-state index contributed by atoms with van der Waals surface area (Å²) in [6, 6.07) is 12.0. The number of halogens is 4. The Bertz CT molecular complexity index is 1540. The van der Waals surface area contributed by atoms with Crippen LogP contribution in [0.15, 0.2) is 72.0 Å². The number of piperazine rings is 1. The lowest BCUT2D eigenvalue weighted by molar-refractivity contribution is -0.140. The van der Waals surface area contributed by atoms with Crippen molar-refractivity contribution in [1.29, 1.82) is 0 Å². The molecule has 7 nitrogen and oxygen atoms in total. The van der Waals surface area contributed by atoms with Crippen LogP contribution in [0.25, 0.3) is 16.6 Å². The van der Waals surface area contributed by atoms with Gasteiger partial charge >= 0.3 is 6.18 Å². The summed E-state index contributed by atoms with van der Waals surface area (Å²) in [5.74, 6) is -0.370. The summed E-state index contributed by atoms with van der Waals surface area (Å²) in [6.07, 6.45) is -0.959.